The summed E-state index contributed by atoms with van der Waals surface area (Å²) >= 11 is 0. The number of alkyl halides is 3. The average Bonchev–Trinajstić information content (AvgIpc) is 3.48. The van der Waals surface area contributed by atoms with Crippen LogP contribution in [0.1, 0.15) is 52.7 Å². The van der Waals surface area contributed by atoms with Crippen molar-refractivity contribution in [3.05, 3.63) is 59.2 Å². The van der Waals surface area contributed by atoms with E-state index in [0.29, 0.717) is 50.4 Å². The molecule has 1 amide bonds. The van der Waals surface area contributed by atoms with E-state index in [9.17, 15) is 22.4 Å². The number of benzene rings is 1. The summed E-state index contributed by atoms with van der Waals surface area (Å²) in [5.74, 6) is -0.832. The second-order valence-electron chi connectivity index (χ2n) is 8.71. The van der Waals surface area contributed by atoms with Gasteiger partial charge in [-0.2, -0.15) is 0 Å². The first-order valence-electron chi connectivity index (χ1n) is 11.2. The van der Waals surface area contributed by atoms with Crippen molar-refractivity contribution >= 4 is 16.9 Å². The van der Waals surface area contributed by atoms with E-state index in [1.807, 2.05) is 6.07 Å². The Morgan fingerprint density at radius 2 is 1.85 bits per heavy atom. The molecule has 10 heteroatoms. The van der Waals surface area contributed by atoms with E-state index in [0.717, 1.165) is 29.6 Å². The van der Waals surface area contributed by atoms with Crippen LogP contribution in [0.5, 0.6) is 5.75 Å². The Labute approximate surface area is 192 Å². The fourth-order valence-corrected chi connectivity index (χ4v) is 4.86. The SMILES string of the molecule is O=C(c1ccc(OC(F)(F)F)cc1)N1CCC(c2c(F)cnc3[nH]c(C4CCOC4)cc23)CC1. The molecule has 1 atom stereocenters. The van der Waals surface area contributed by atoms with Crippen LogP contribution in [-0.4, -0.2) is 53.4 Å². The molecule has 2 saturated heterocycles. The number of pyridine rings is 1. The van der Waals surface area contributed by atoms with Gasteiger partial charge >= 0.3 is 6.36 Å². The van der Waals surface area contributed by atoms with Gasteiger partial charge in [-0.3, -0.25) is 4.79 Å². The second kappa shape index (κ2) is 8.90. The van der Waals surface area contributed by atoms with Crippen molar-refractivity contribution in [3.63, 3.8) is 0 Å². The number of amides is 1. The molecule has 0 spiro atoms. The first-order chi connectivity index (χ1) is 16.3. The maximum atomic E-state index is 14.9. The summed E-state index contributed by atoms with van der Waals surface area (Å²) in [6.45, 7) is 2.18. The Morgan fingerprint density at radius 1 is 1.12 bits per heavy atom. The number of aromatic amines is 1. The molecular formula is C24H23F4N3O3. The number of hydrogen-bond donors (Lipinski definition) is 1. The summed E-state index contributed by atoms with van der Waals surface area (Å²) in [7, 11) is 0. The number of fused-ring (bicyclic) bond motifs is 1. The highest BCUT2D eigenvalue weighted by Gasteiger charge is 2.32. The van der Waals surface area contributed by atoms with Crippen molar-refractivity contribution < 1.29 is 31.8 Å². The molecule has 0 radical (unpaired) electrons. The Kier molecular flexibility index (Phi) is 5.93. The third-order valence-electron chi connectivity index (χ3n) is 6.57. The Balaban J connectivity index is 1.28. The molecule has 0 aliphatic carbocycles. The highest BCUT2D eigenvalue weighted by molar-refractivity contribution is 5.94. The molecular weight excluding hydrogens is 454 g/mol. The highest BCUT2D eigenvalue weighted by Crippen LogP contribution is 2.37. The molecule has 4 heterocycles. The molecule has 0 saturated carbocycles. The minimum absolute atomic E-state index is 0.0689. The van der Waals surface area contributed by atoms with Crippen LogP contribution in [-0.2, 0) is 4.74 Å². The molecule has 6 nitrogen and oxygen atoms in total. The molecule has 180 valence electrons. The Bertz CT molecular complexity index is 1180. The number of nitrogens with one attached hydrogen (secondary N) is 1. The van der Waals surface area contributed by atoms with Crippen LogP contribution in [0.15, 0.2) is 36.5 Å². The number of H-pyrrole nitrogens is 1. The monoisotopic (exact) mass is 477 g/mol. The number of rotatable bonds is 4. The van der Waals surface area contributed by atoms with Crippen LogP contribution in [0.3, 0.4) is 0 Å². The first kappa shape index (κ1) is 22.6. The number of piperidine rings is 1. The van der Waals surface area contributed by atoms with Gasteiger partial charge in [0.15, 0.2) is 0 Å². The topological polar surface area (TPSA) is 67.5 Å². The minimum atomic E-state index is -4.79. The molecule has 5 rings (SSSR count). The van der Waals surface area contributed by atoms with Gasteiger partial charge in [0.25, 0.3) is 5.91 Å². The predicted molar refractivity (Wildman–Crippen MR) is 115 cm³/mol. The van der Waals surface area contributed by atoms with Gasteiger partial charge < -0.3 is 19.4 Å². The van der Waals surface area contributed by atoms with E-state index in [2.05, 4.69) is 14.7 Å². The normalized spacial score (nSPS) is 19.6. The van der Waals surface area contributed by atoms with E-state index >= 15 is 0 Å². The lowest BCUT2D eigenvalue weighted by atomic mass is 9.87. The van der Waals surface area contributed by atoms with E-state index in [1.165, 1.54) is 18.3 Å². The van der Waals surface area contributed by atoms with E-state index in [1.54, 1.807) is 4.90 Å². The highest BCUT2D eigenvalue weighted by atomic mass is 19.4. The van der Waals surface area contributed by atoms with Gasteiger partial charge in [0, 0.05) is 47.8 Å². The summed E-state index contributed by atoms with van der Waals surface area (Å²) in [4.78, 5) is 22.0. The summed E-state index contributed by atoms with van der Waals surface area (Å²) in [6, 6.07) is 6.85. The molecule has 1 N–H and O–H groups in total. The van der Waals surface area contributed by atoms with Gasteiger partial charge in [0.1, 0.15) is 17.2 Å². The average molecular weight is 477 g/mol. The molecule has 1 unspecified atom stereocenters. The number of carbonyl (C=O) groups is 1. The van der Waals surface area contributed by atoms with Crippen LogP contribution in [0.2, 0.25) is 0 Å². The molecule has 0 bridgehead atoms. The lowest BCUT2D eigenvalue weighted by Crippen LogP contribution is -2.38. The summed E-state index contributed by atoms with van der Waals surface area (Å²) in [6.07, 6.45) is -1.49. The maximum absolute atomic E-state index is 14.9. The Hall–Kier alpha value is -3.14. The lowest BCUT2D eigenvalue weighted by Gasteiger charge is -2.32. The van der Waals surface area contributed by atoms with Crippen LogP contribution in [0, 0.1) is 5.82 Å². The zero-order chi connectivity index (χ0) is 23.9. The first-order valence-corrected chi connectivity index (χ1v) is 11.2. The zero-order valence-corrected chi connectivity index (χ0v) is 18.2. The van der Waals surface area contributed by atoms with Crippen molar-refractivity contribution in [1.82, 2.24) is 14.9 Å². The van der Waals surface area contributed by atoms with Crippen LogP contribution < -0.4 is 4.74 Å². The van der Waals surface area contributed by atoms with Gasteiger partial charge in [-0.05, 0) is 55.5 Å². The largest absolute Gasteiger partial charge is 0.573 e. The summed E-state index contributed by atoms with van der Waals surface area (Å²) in [5, 5.41) is 0.770. The van der Waals surface area contributed by atoms with E-state index in [-0.39, 0.29) is 34.9 Å². The molecule has 1 aromatic carbocycles. The van der Waals surface area contributed by atoms with Gasteiger partial charge in [0.05, 0.1) is 12.8 Å². The molecule has 2 fully saturated rings. The van der Waals surface area contributed by atoms with Crippen molar-refractivity contribution in [2.24, 2.45) is 0 Å². The van der Waals surface area contributed by atoms with E-state index in [4.69, 9.17) is 4.74 Å². The molecule has 3 aromatic rings. The fourth-order valence-electron chi connectivity index (χ4n) is 4.86. The zero-order valence-electron chi connectivity index (χ0n) is 18.2. The van der Waals surface area contributed by atoms with Crippen molar-refractivity contribution in [2.75, 3.05) is 26.3 Å². The van der Waals surface area contributed by atoms with Gasteiger partial charge in [-0.1, -0.05) is 0 Å². The maximum Gasteiger partial charge on any atom is 0.573 e. The molecule has 2 aliphatic heterocycles. The molecule has 2 aromatic heterocycles. The fraction of sp³-hybridized carbons (Fsp3) is 0.417. The minimum Gasteiger partial charge on any atom is -0.406 e. The van der Waals surface area contributed by atoms with Crippen molar-refractivity contribution in [3.8, 4) is 5.75 Å². The number of halogens is 4. The summed E-state index contributed by atoms with van der Waals surface area (Å²) < 4.78 is 61.2. The van der Waals surface area contributed by atoms with Crippen LogP contribution >= 0.6 is 0 Å². The van der Waals surface area contributed by atoms with Gasteiger partial charge in [0.2, 0.25) is 0 Å². The number of hydrogen-bond acceptors (Lipinski definition) is 4. The van der Waals surface area contributed by atoms with Gasteiger partial charge in [-0.15, -0.1) is 13.2 Å². The van der Waals surface area contributed by atoms with Crippen LogP contribution in [0.25, 0.3) is 11.0 Å². The number of carbonyl (C=O) groups excluding carboxylic acids is 1. The number of nitrogens with zero attached hydrogens (tertiary/aromatic N) is 2. The lowest BCUT2D eigenvalue weighted by molar-refractivity contribution is -0.274. The number of ether oxygens (including phenoxy) is 2. The predicted octanol–water partition coefficient (Wildman–Crippen LogP) is 5.12. The van der Waals surface area contributed by atoms with Gasteiger partial charge in [-0.25, -0.2) is 9.37 Å². The van der Waals surface area contributed by atoms with Crippen molar-refractivity contribution in [1.29, 1.82) is 0 Å². The number of likely N-dealkylation sites (tertiary alicyclic amines) is 1. The third kappa shape index (κ3) is 4.59. The van der Waals surface area contributed by atoms with Crippen LogP contribution in [0.4, 0.5) is 17.6 Å². The summed E-state index contributed by atoms with van der Waals surface area (Å²) in [5.41, 5.74) is 2.54. The standard InChI is InChI=1S/C24H23F4N3O3/c25-19-12-29-22-18(11-20(30-22)16-7-10-33-13-16)21(19)14-5-8-31(9-6-14)23(32)15-1-3-17(4-2-15)34-24(26,27)28/h1-4,11-12,14,16H,5-10,13H2,(H,29,30). The molecule has 2 aliphatic rings. The second-order valence-corrected chi connectivity index (χ2v) is 8.71. The molecule has 34 heavy (non-hydrogen) atoms. The third-order valence-corrected chi connectivity index (χ3v) is 6.57. The Morgan fingerprint density at radius 3 is 2.50 bits per heavy atom. The smallest absolute Gasteiger partial charge is 0.406 e. The quantitative estimate of drug-likeness (QED) is 0.530. The number of aromatic nitrogens is 2. The van der Waals surface area contributed by atoms with E-state index < -0.39 is 6.36 Å². The van der Waals surface area contributed by atoms with Crippen molar-refractivity contribution in [2.45, 2.75) is 37.5 Å².